The number of anilines is 1. The van der Waals surface area contributed by atoms with E-state index >= 15 is 0 Å². The van der Waals surface area contributed by atoms with E-state index in [1.807, 2.05) is 42.2 Å². The number of carbonyl (C=O) groups is 2. The van der Waals surface area contributed by atoms with Crippen molar-refractivity contribution in [1.82, 2.24) is 4.90 Å². The summed E-state index contributed by atoms with van der Waals surface area (Å²) < 4.78 is 14.2. The second-order valence-corrected chi connectivity index (χ2v) is 6.75. The molecule has 0 spiro atoms. The molecule has 5 nitrogen and oxygen atoms in total. The van der Waals surface area contributed by atoms with Crippen LogP contribution >= 0.6 is 0 Å². The standard InChI is InChI=1S/C22H22FN3O2/c1-3-21(27)26(17-7-5-4-6-8-17)18-11-13-25(14-12-18)22(28)19-10-9-16(24-2)15-20(19)23/h4-10,15,18H,3,11-14H2,1H3. The van der Waals surface area contributed by atoms with Gasteiger partial charge in [0, 0.05) is 31.2 Å². The largest absolute Gasteiger partial charge is 0.338 e. The topological polar surface area (TPSA) is 45.0 Å². The number of rotatable bonds is 4. The average Bonchev–Trinajstić information content (AvgIpc) is 2.74. The smallest absolute Gasteiger partial charge is 0.256 e. The number of halogens is 1. The van der Waals surface area contributed by atoms with Crippen molar-refractivity contribution in [2.24, 2.45) is 0 Å². The fourth-order valence-corrected chi connectivity index (χ4v) is 3.56. The monoisotopic (exact) mass is 379 g/mol. The number of carbonyl (C=O) groups excluding carboxylic acids is 2. The Labute approximate surface area is 164 Å². The molecule has 0 aliphatic carbocycles. The Bertz CT molecular complexity index is 900. The lowest BCUT2D eigenvalue weighted by atomic mass is 10.0. The van der Waals surface area contributed by atoms with Gasteiger partial charge in [-0.3, -0.25) is 9.59 Å². The zero-order valence-electron chi connectivity index (χ0n) is 15.8. The van der Waals surface area contributed by atoms with Gasteiger partial charge in [0.2, 0.25) is 5.91 Å². The fourth-order valence-electron chi connectivity index (χ4n) is 3.56. The molecular formula is C22H22FN3O2. The maximum atomic E-state index is 14.2. The molecule has 1 aliphatic heterocycles. The van der Waals surface area contributed by atoms with Crippen molar-refractivity contribution in [3.05, 3.63) is 71.3 Å². The van der Waals surface area contributed by atoms with Crippen LogP contribution in [-0.4, -0.2) is 35.8 Å². The molecule has 0 unspecified atom stereocenters. The maximum absolute atomic E-state index is 14.2. The first-order valence-electron chi connectivity index (χ1n) is 9.38. The molecule has 0 N–H and O–H groups in total. The number of hydrogen-bond donors (Lipinski definition) is 0. The summed E-state index contributed by atoms with van der Waals surface area (Å²) in [7, 11) is 0. The Morgan fingerprint density at radius 1 is 1.18 bits per heavy atom. The summed E-state index contributed by atoms with van der Waals surface area (Å²) in [5.41, 5.74) is 1.01. The third kappa shape index (κ3) is 4.04. The SMILES string of the molecule is [C-]#[N+]c1ccc(C(=O)N2CCC(N(C(=O)CC)c3ccccc3)CC2)c(F)c1. The van der Waals surface area contributed by atoms with Gasteiger partial charge in [0.25, 0.3) is 5.91 Å². The minimum absolute atomic E-state index is 0.00763. The van der Waals surface area contributed by atoms with E-state index in [4.69, 9.17) is 6.57 Å². The summed E-state index contributed by atoms with van der Waals surface area (Å²) in [4.78, 5) is 31.8. The van der Waals surface area contributed by atoms with Gasteiger partial charge in [0.05, 0.1) is 12.1 Å². The van der Waals surface area contributed by atoms with Gasteiger partial charge >= 0.3 is 0 Å². The Morgan fingerprint density at radius 3 is 2.43 bits per heavy atom. The first-order chi connectivity index (χ1) is 13.5. The number of para-hydroxylation sites is 1. The zero-order chi connectivity index (χ0) is 20.1. The fraction of sp³-hybridized carbons (Fsp3) is 0.318. The first-order valence-corrected chi connectivity index (χ1v) is 9.38. The van der Waals surface area contributed by atoms with E-state index in [1.165, 1.54) is 12.1 Å². The highest BCUT2D eigenvalue weighted by Crippen LogP contribution is 2.26. The minimum atomic E-state index is -0.673. The molecule has 1 heterocycles. The molecule has 2 aromatic carbocycles. The normalized spacial score (nSPS) is 14.4. The summed E-state index contributed by atoms with van der Waals surface area (Å²) >= 11 is 0. The molecule has 0 radical (unpaired) electrons. The predicted molar refractivity (Wildman–Crippen MR) is 106 cm³/mol. The Hall–Kier alpha value is -3.20. The lowest BCUT2D eigenvalue weighted by molar-refractivity contribution is -0.119. The van der Waals surface area contributed by atoms with Crippen molar-refractivity contribution in [2.45, 2.75) is 32.2 Å². The molecule has 0 aromatic heterocycles. The Kier molecular flexibility index (Phi) is 6.05. The van der Waals surface area contributed by atoms with Crippen molar-refractivity contribution in [1.29, 1.82) is 0 Å². The number of hydrogen-bond acceptors (Lipinski definition) is 2. The van der Waals surface area contributed by atoms with Gasteiger partial charge in [-0.1, -0.05) is 37.3 Å². The first kappa shape index (κ1) is 19.6. The number of piperidine rings is 1. The molecule has 6 heteroatoms. The number of likely N-dealkylation sites (tertiary alicyclic amines) is 1. The van der Waals surface area contributed by atoms with E-state index in [9.17, 15) is 14.0 Å². The summed E-state index contributed by atoms with van der Waals surface area (Å²) in [5.74, 6) is -0.995. The number of nitrogens with zero attached hydrogens (tertiary/aromatic N) is 3. The predicted octanol–water partition coefficient (Wildman–Crippen LogP) is 4.42. The number of benzene rings is 2. The molecular weight excluding hydrogens is 357 g/mol. The quantitative estimate of drug-likeness (QED) is 0.738. The molecule has 2 aromatic rings. The van der Waals surface area contributed by atoms with Crippen LogP contribution in [0, 0.1) is 12.4 Å². The second kappa shape index (κ2) is 8.66. The van der Waals surface area contributed by atoms with Crippen LogP contribution in [-0.2, 0) is 4.79 Å². The van der Waals surface area contributed by atoms with E-state index in [2.05, 4.69) is 4.85 Å². The molecule has 1 fully saturated rings. The second-order valence-electron chi connectivity index (χ2n) is 6.75. The van der Waals surface area contributed by atoms with Crippen LogP contribution in [0.4, 0.5) is 15.8 Å². The van der Waals surface area contributed by atoms with Gasteiger partial charge in [-0.05, 0) is 31.0 Å². The van der Waals surface area contributed by atoms with E-state index in [0.717, 1.165) is 11.8 Å². The van der Waals surface area contributed by atoms with Crippen LogP contribution in [0.2, 0.25) is 0 Å². The minimum Gasteiger partial charge on any atom is -0.338 e. The van der Waals surface area contributed by atoms with Crippen molar-refractivity contribution in [3.63, 3.8) is 0 Å². The van der Waals surface area contributed by atoms with Gasteiger partial charge in [0.1, 0.15) is 5.82 Å². The van der Waals surface area contributed by atoms with Crippen LogP contribution < -0.4 is 4.90 Å². The lowest BCUT2D eigenvalue weighted by Gasteiger charge is -2.38. The molecule has 144 valence electrons. The van der Waals surface area contributed by atoms with Crippen LogP contribution in [0.15, 0.2) is 48.5 Å². The third-order valence-corrected chi connectivity index (χ3v) is 5.03. The summed E-state index contributed by atoms with van der Waals surface area (Å²) in [5, 5.41) is 0. The van der Waals surface area contributed by atoms with Crippen LogP contribution in [0.5, 0.6) is 0 Å². The lowest BCUT2D eigenvalue weighted by Crippen LogP contribution is -2.49. The zero-order valence-corrected chi connectivity index (χ0v) is 15.8. The summed E-state index contributed by atoms with van der Waals surface area (Å²) in [6.45, 7) is 9.67. The maximum Gasteiger partial charge on any atom is 0.256 e. The molecule has 0 saturated carbocycles. The molecule has 1 aliphatic rings. The average molecular weight is 379 g/mol. The molecule has 3 rings (SSSR count). The van der Waals surface area contributed by atoms with Crippen LogP contribution in [0.1, 0.15) is 36.5 Å². The molecule has 0 atom stereocenters. The molecule has 0 bridgehead atoms. The van der Waals surface area contributed by atoms with Crippen LogP contribution in [0.25, 0.3) is 4.85 Å². The van der Waals surface area contributed by atoms with E-state index < -0.39 is 5.82 Å². The molecule has 2 amide bonds. The van der Waals surface area contributed by atoms with Gasteiger partial charge in [-0.25, -0.2) is 9.24 Å². The van der Waals surface area contributed by atoms with E-state index in [-0.39, 0.29) is 29.1 Å². The summed E-state index contributed by atoms with van der Waals surface area (Å²) in [6, 6.07) is 13.5. The van der Waals surface area contributed by atoms with Crippen molar-refractivity contribution in [2.75, 3.05) is 18.0 Å². The van der Waals surface area contributed by atoms with Crippen molar-refractivity contribution >= 4 is 23.2 Å². The van der Waals surface area contributed by atoms with Gasteiger partial charge in [-0.2, -0.15) is 0 Å². The van der Waals surface area contributed by atoms with Gasteiger partial charge < -0.3 is 9.80 Å². The van der Waals surface area contributed by atoms with Gasteiger partial charge in [0.15, 0.2) is 5.69 Å². The van der Waals surface area contributed by atoms with Gasteiger partial charge in [-0.15, -0.1) is 0 Å². The van der Waals surface area contributed by atoms with Crippen molar-refractivity contribution < 1.29 is 14.0 Å². The van der Waals surface area contributed by atoms with Crippen LogP contribution in [0.3, 0.4) is 0 Å². The third-order valence-electron chi connectivity index (χ3n) is 5.03. The molecule has 28 heavy (non-hydrogen) atoms. The molecule has 1 saturated heterocycles. The highest BCUT2D eigenvalue weighted by atomic mass is 19.1. The van der Waals surface area contributed by atoms with E-state index in [0.29, 0.717) is 32.4 Å². The highest BCUT2D eigenvalue weighted by Gasteiger charge is 2.31. The Morgan fingerprint density at radius 2 is 1.86 bits per heavy atom. The highest BCUT2D eigenvalue weighted by molar-refractivity contribution is 5.95. The number of amides is 2. The Balaban J connectivity index is 1.72. The summed E-state index contributed by atoms with van der Waals surface area (Å²) in [6.07, 6.45) is 1.68. The van der Waals surface area contributed by atoms with E-state index in [1.54, 1.807) is 4.90 Å². The van der Waals surface area contributed by atoms with Crippen molar-refractivity contribution in [3.8, 4) is 0 Å².